The normalized spacial score (nSPS) is 11.5. The van der Waals surface area contributed by atoms with Gasteiger partial charge in [-0.15, -0.1) is 13.2 Å². The van der Waals surface area contributed by atoms with Crippen LogP contribution in [0.1, 0.15) is 12.1 Å². The first kappa shape index (κ1) is 14.9. The van der Waals surface area contributed by atoms with E-state index in [9.17, 15) is 32.1 Å². The lowest BCUT2D eigenvalue weighted by molar-refractivity contribution is -0.386. The van der Waals surface area contributed by atoms with Crippen LogP contribution in [0.25, 0.3) is 0 Å². The van der Waals surface area contributed by atoms with Crippen LogP contribution in [0.2, 0.25) is 0 Å². The fourth-order valence-corrected chi connectivity index (χ4v) is 1.13. The largest absolute Gasteiger partial charge is 0.574 e. The monoisotopic (exact) mass is 288 g/mol. The van der Waals surface area contributed by atoms with Crippen LogP contribution in [0.3, 0.4) is 0 Å². The third-order valence-corrected chi connectivity index (χ3v) is 1.78. The molecule has 0 aliphatic heterocycles. The quantitative estimate of drug-likeness (QED) is 0.484. The van der Waals surface area contributed by atoms with E-state index in [2.05, 4.69) is 14.5 Å². The molecule has 0 spiro atoms. The number of nitrogens with zero attached hydrogens (tertiary/aromatic N) is 2. The van der Waals surface area contributed by atoms with E-state index in [0.29, 0.717) is 6.07 Å². The van der Waals surface area contributed by atoms with E-state index in [4.69, 9.17) is 0 Å². The van der Waals surface area contributed by atoms with E-state index in [1.54, 1.807) is 0 Å². The van der Waals surface area contributed by atoms with Crippen LogP contribution < -0.4 is 9.47 Å². The Hall–Kier alpha value is -2.20. The Bertz CT molecular complexity index is 491. The number of nitro groups is 1. The summed E-state index contributed by atoms with van der Waals surface area (Å²) in [5, 5.41) is 10.6. The lowest BCUT2D eigenvalue weighted by Gasteiger charge is -2.12. The zero-order valence-electron chi connectivity index (χ0n) is 9.07. The molecule has 0 unspecified atom stereocenters. The number of ether oxygens (including phenoxy) is 2. The van der Waals surface area contributed by atoms with Crippen molar-refractivity contribution < 1.29 is 36.3 Å². The minimum Gasteiger partial charge on any atom is -0.486 e. The van der Waals surface area contributed by atoms with Crippen molar-refractivity contribution in [3.8, 4) is 11.6 Å². The second kappa shape index (κ2) is 5.20. The molecule has 106 valence electrons. The highest BCUT2D eigenvalue weighted by molar-refractivity contribution is 5.53. The Kier molecular flexibility index (Phi) is 4.07. The van der Waals surface area contributed by atoms with Crippen molar-refractivity contribution in [2.24, 2.45) is 0 Å². The van der Waals surface area contributed by atoms with Crippen LogP contribution in [-0.2, 0) is 0 Å². The summed E-state index contributed by atoms with van der Waals surface area (Å²) < 4.78 is 68.6. The fraction of sp³-hybridized carbons (Fsp3) is 0.375. The highest BCUT2D eigenvalue weighted by atomic mass is 19.4. The summed E-state index contributed by atoms with van der Waals surface area (Å²) in [7, 11) is 0.815. The van der Waals surface area contributed by atoms with Crippen molar-refractivity contribution in [3.63, 3.8) is 0 Å². The predicted octanol–water partition coefficient (Wildman–Crippen LogP) is 2.83. The fourth-order valence-electron chi connectivity index (χ4n) is 1.13. The van der Waals surface area contributed by atoms with Crippen molar-refractivity contribution in [1.82, 2.24) is 4.98 Å². The molecule has 0 fully saturated rings. The molecule has 0 aromatic carbocycles. The molecule has 1 aromatic rings. The Morgan fingerprint density at radius 1 is 1.42 bits per heavy atom. The van der Waals surface area contributed by atoms with Crippen molar-refractivity contribution in [3.05, 3.63) is 21.9 Å². The first-order chi connectivity index (χ1) is 8.65. The van der Waals surface area contributed by atoms with Gasteiger partial charge in [-0.2, -0.15) is 0 Å². The average Bonchev–Trinajstić information content (AvgIpc) is 2.25. The molecule has 0 saturated carbocycles. The Labute approximate surface area is 101 Å². The topological polar surface area (TPSA) is 74.5 Å². The maximum absolute atomic E-state index is 12.4. The minimum absolute atomic E-state index is 0.312. The van der Waals surface area contributed by atoms with Gasteiger partial charge in [0.05, 0.1) is 12.0 Å². The summed E-state index contributed by atoms with van der Waals surface area (Å²) in [6, 6.07) is 0.312. The maximum Gasteiger partial charge on any atom is 0.574 e. The van der Waals surface area contributed by atoms with Crippen molar-refractivity contribution in [2.75, 3.05) is 7.11 Å². The first-order valence-electron chi connectivity index (χ1n) is 4.43. The minimum atomic E-state index is -5.26. The van der Waals surface area contributed by atoms with Gasteiger partial charge in [0.25, 0.3) is 18.1 Å². The molecule has 0 amide bonds. The van der Waals surface area contributed by atoms with Gasteiger partial charge in [-0.3, -0.25) is 10.1 Å². The zero-order chi connectivity index (χ0) is 14.8. The Morgan fingerprint density at radius 3 is 2.37 bits per heavy atom. The first-order valence-corrected chi connectivity index (χ1v) is 4.43. The van der Waals surface area contributed by atoms with Crippen molar-refractivity contribution in [1.29, 1.82) is 0 Å². The van der Waals surface area contributed by atoms with E-state index < -0.39 is 40.7 Å². The van der Waals surface area contributed by atoms with Gasteiger partial charge in [-0.1, -0.05) is 0 Å². The molecule has 6 nitrogen and oxygen atoms in total. The number of methoxy groups -OCH3 is 1. The van der Waals surface area contributed by atoms with E-state index in [-0.39, 0.29) is 0 Å². The Morgan fingerprint density at radius 2 is 2.00 bits per heavy atom. The van der Waals surface area contributed by atoms with Gasteiger partial charge in [-0.25, -0.2) is 13.8 Å². The lowest BCUT2D eigenvalue weighted by atomic mass is 10.3. The van der Waals surface area contributed by atoms with Gasteiger partial charge in [0.2, 0.25) is 0 Å². The zero-order valence-corrected chi connectivity index (χ0v) is 9.07. The molecule has 1 aromatic heterocycles. The molecule has 1 rings (SSSR count). The summed E-state index contributed by atoms with van der Waals surface area (Å²) in [4.78, 5) is 12.3. The highest BCUT2D eigenvalue weighted by Gasteiger charge is 2.36. The number of halogens is 5. The van der Waals surface area contributed by atoms with E-state index in [1.807, 2.05) is 0 Å². The number of alkyl halides is 5. The third-order valence-electron chi connectivity index (χ3n) is 1.78. The molecule has 0 aliphatic carbocycles. The number of hydrogen-bond acceptors (Lipinski definition) is 5. The van der Waals surface area contributed by atoms with E-state index >= 15 is 0 Å². The lowest BCUT2D eigenvalue weighted by Crippen LogP contribution is -2.19. The third kappa shape index (κ3) is 3.63. The van der Waals surface area contributed by atoms with Gasteiger partial charge in [0, 0.05) is 6.07 Å². The molecule has 0 aliphatic rings. The average molecular weight is 288 g/mol. The standard InChI is InChI=1S/C8H5F5N2O4/c1-18-5-4(15(16)17)2-3(6(9)10)14-7(5)19-8(11,12)13/h2,6H,1H3. The molecule has 1 heterocycles. The van der Waals surface area contributed by atoms with E-state index in [1.165, 1.54) is 0 Å². The number of hydrogen-bond donors (Lipinski definition) is 0. The summed E-state index contributed by atoms with van der Waals surface area (Å²) in [6.45, 7) is 0. The van der Waals surface area contributed by atoms with Crippen LogP contribution >= 0.6 is 0 Å². The van der Waals surface area contributed by atoms with Gasteiger partial charge in [0.1, 0.15) is 5.69 Å². The molecule has 0 saturated heterocycles. The van der Waals surface area contributed by atoms with Gasteiger partial charge < -0.3 is 9.47 Å². The Balaban J connectivity index is 3.44. The SMILES string of the molecule is COc1c([N+](=O)[O-])cc(C(F)F)nc1OC(F)(F)F. The summed E-state index contributed by atoms with van der Waals surface area (Å²) >= 11 is 0. The van der Waals surface area contributed by atoms with Crippen LogP contribution in [-0.4, -0.2) is 23.4 Å². The number of aromatic nitrogens is 1. The van der Waals surface area contributed by atoms with Crippen LogP contribution in [0.4, 0.5) is 27.6 Å². The number of rotatable bonds is 4. The molecular formula is C8H5F5N2O4. The number of pyridine rings is 1. The molecule has 0 radical (unpaired) electrons. The molecule has 0 bridgehead atoms. The van der Waals surface area contributed by atoms with Crippen LogP contribution in [0, 0.1) is 10.1 Å². The van der Waals surface area contributed by atoms with Crippen LogP contribution in [0.15, 0.2) is 6.07 Å². The van der Waals surface area contributed by atoms with Crippen molar-refractivity contribution in [2.45, 2.75) is 12.8 Å². The second-order valence-electron chi connectivity index (χ2n) is 3.01. The molecule has 0 N–H and O–H groups in total. The van der Waals surface area contributed by atoms with E-state index in [0.717, 1.165) is 7.11 Å². The maximum atomic E-state index is 12.4. The van der Waals surface area contributed by atoms with Crippen LogP contribution in [0.5, 0.6) is 11.6 Å². The predicted molar refractivity (Wildman–Crippen MR) is 49.1 cm³/mol. The second-order valence-corrected chi connectivity index (χ2v) is 3.01. The van der Waals surface area contributed by atoms with Gasteiger partial charge >= 0.3 is 12.0 Å². The smallest absolute Gasteiger partial charge is 0.486 e. The molecule has 0 atom stereocenters. The van der Waals surface area contributed by atoms with Gasteiger partial charge in [-0.05, 0) is 0 Å². The molecular weight excluding hydrogens is 283 g/mol. The highest BCUT2D eigenvalue weighted by Crippen LogP contribution is 2.40. The summed E-state index contributed by atoms with van der Waals surface area (Å²) in [5.74, 6) is -2.44. The van der Waals surface area contributed by atoms with Gasteiger partial charge in [0.15, 0.2) is 0 Å². The summed E-state index contributed by atoms with van der Waals surface area (Å²) in [5.41, 5.74) is -2.33. The molecule has 11 heteroatoms. The van der Waals surface area contributed by atoms with Crippen molar-refractivity contribution >= 4 is 5.69 Å². The summed E-state index contributed by atoms with van der Waals surface area (Å²) in [6.07, 6.45) is -8.56. The molecule has 19 heavy (non-hydrogen) atoms.